The van der Waals surface area contributed by atoms with Crippen molar-refractivity contribution < 1.29 is 14.3 Å². The highest BCUT2D eigenvalue weighted by atomic mass is 16.5. The summed E-state index contributed by atoms with van der Waals surface area (Å²) in [6.45, 7) is 4.70. The van der Waals surface area contributed by atoms with Gasteiger partial charge in [0.15, 0.2) is 0 Å². The number of likely N-dealkylation sites (N-methyl/N-ethyl adjacent to an activating group) is 1. The number of carbonyl (C=O) groups excluding carboxylic acids is 2. The molecule has 0 fully saturated rings. The molecule has 1 unspecified atom stereocenters. The molecule has 0 aromatic rings. The molecular weight excluding hydrogens is 220 g/mol. The van der Waals surface area contributed by atoms with E-state index in [9.17, 15) is 9.59 Å². The molecule has 0 heterocycles. The van der Waals surface area contributed by atoms with Crippen LogP contribution in [0.25, 0.3) is 0 Å². The molecule has 0 amide bonds. The Bertz CT molecular complexity index is 297. The molecule has 0 aromatic carbocycles. The fourth-order valence-corrected chi connectivity index (χ4v) is 1.43. The Balaban J connectivity index is 3.79. The average Bonchev–Trinajstić information content (AvgIpc) is 2.26. The summed E-state index contributed by atoms with van der Waals surface area (Å²) < 4.78 is 4.73. The molecule has 0 spiro atoms. The van der Waals surface area contributed by atoms with Gasteiger partial charge in [-0.3, -0.25) is 14.5 Å². The van der Waals surface area contributed by atoms with Crippen molar-refractivity contribution in [2.24, 2.45) is 5.92 Å². The number of hydrogen-bond acceptors (Lipinski definition) is 5. The first kappa shape index (κ1) is 15.6. The van der Waals surface area contributed by atoms with Crippen LogP contribution < -0.4 is 0 Å². The van der Waals surface area contributed by atoms with Crippen LogP contribution in [-0.2, 0) is 14.3 Å². The third-order valence-electron chi connectivity index (χ3n) is 2.17. The molecule has 0 saturated carbocycles. The van der Waals surface area contributed by atoms with Gasteiger partial charge in [0.05, 0.1) is 31.6 Å². The second-order valence-electron chi connectivity index (χ2n) is 4.07. The van der Waals surface area contributed by atoms with E-state index in [0.717, 1.165) is 0 Å². The zero-order valence-electron chi connectivity index (χ0n) is 10.7. The van der Waals surface area contributed by atoms with Gasteiger partial charge >= 0.3 is 5.97 Å². The minimum absolute atomic E-state index is 0.00862. The van der Waals surface area contributed by atoms with Crippen molar-refractivity contribution in [3.05, 3.63) is 0 Å². The van der Waals surface area contributed by atoms with Gasteiger partial charge < -0.3 is 4.74 Å². The van der Waals surface area contributed by atoms with Crippen molar-refractivity contribution in [3.8, 4) is 6.07 Å². The zero-order valence-corrected chi connectivity index (χ0v) is 10.7. The quantitative estimate of drug-likeness (QED) is 0.592. The van der Waals surface area contributed by atoms with Crippen molar-refractivity contribution in [1.29, 1.82) is 5.26 Å². The summed E-state index contributed by atoms with van der Waals surface area (Å²) in [4.78, 5) is 24.3. The fraction of sp³-hybridized carbons (Fsp3) is 0.750. The molecule has 5 heteroatoms. The lowest BCUT2D eigenvalue weighted by Gasteiger charge is -2.16. The monoisotopic (exact) mass is 240 g/mol. The van der Waals surface area contributed by atoms with Gasteiger partial charge in [-0.2, -0.15) is 5.26 Å². The van der Waals surface area contributed by atoms with Gasteiger partial charge in [-0.15, -0.1) is 0 Å². The topological polar surface area (TPSA) is 70.4 Å². The molecule has 0 aliphatic carbocycles. The van der Waals surface area contributed by atoms with Crippen LogP contribution in [0.3, 0.4) is 0 Å². The van der Waals surface area contributed by atoms with Gasteiger partial charge in [-0.1, -0.05) is 0 Å². The number of rotatable bonds is 8. The average molecular weight is 240 g/mol. The summed E-state index contributed by atoms with van der Waals surface area (Å²) in [5.74, 6) is -0.447. The van der Waals surface area contributed by atoms with Gasteiger partial charge in [-0.05, 0) is 20.9 Å². The first-order chi connectivity index (χ1) is 7.99. The normalized spacial score (nSPS) is 11.9. The number of hydrogen-bond donors (Lipinski definition) is 0. The van der Waals surface area contributed by atoms with Gasteiger partial charge in [0, 0.05) is 13.0 Å². The largest absolute Gasteiger partial charge is 0.466 e. The van der Waals surface area contributed by atoms with Crippen LogP contribution in [0.15, 0.2) is 0 Å². The van der Waals surface area contributed by atoms with E-state index in [1.165, 1.54) is 0 Å². The van der Waals surface area contributed by atoms with Crippen LogP contribution in [0.2, 0.25) is 0 Å². The molecule has 0 radical (unpaired) electrons. The van der Waals surface area contributed by atoms with Gasteiger partial charge in [0.1, 0.15) is 5.78 Å². The Kier molecular flexibility index (Phi) is 7.99. The van der Waals surface area contributed by atoms with E-state index in [4.69, 9.17) is 10.00 Å². The van der Waals surface area contributed by atoms with Crippen LogP contribution in [0.4, 0.5) is 0 Å². The Labute approximate surface area is 102 Å². The van der Waals surface area contributed by atoms with E-state index in [-0.39, 0.29) is 37.1 Å². The van der Waals surface area contributed by atoms with Crippen molar-refractivity contribution >= 4 is 11.8 Å². The fourth-order valence-electron chi connectivity index (χ4n) is 1.43. The SMILES string of the molecule is CCOC(=O)CCC(=O)CN(C)CC(C)C#N. The molecule has 0 saturated heterocycles. The maximum absolute atomic E-state index is 11.5. The van der Waals surface area contributed by atoms with Crippen molar-refractivity contribution in [3.63, 3.8) is 0 Å². The van der Waals surface area contributed by atoms with Crippen LogP contribution in [0, 0.1) is 17.2 Å². The molecule has 0 aliphatic rings. The van der Waals surface area contributed by atoms with E-state index in [1.54, 1.807) is 25.8 Å². The second kappa shape index (κ2) is 8.71. The van der Waals surface area contributed by atoms with Gasteiger partial charge in [0.2, 0.25) is 0 Å². The van der Waals surface area contributed by atoms with E-state index in [0.29, 0.717) is 13.2 Å². The third kappa shape index (κ3) is 8.40. The Hall–Kier alpha value is -1.41. The maximum atomic E-state index is 11.5. The summed E-state index contributed by atoms with van der Waals surface area (Å²) in [6.07, 6.45) is 0.332. The molecule has 0 aromatic heterocycles. The number of nitrogens with zero attached hydrogens (tertiary/aromatic N) is 2. The van der Waals surface area contributed by atoms with Gasteiger partial charge in [-0.25, -0.2) is 0 Å². The summed E-state index contributed by atoms with van der Waals surface area (Å²) in [6, 6.07) is 2.11. The smallest absolute Gasteiger partial charge is 0.306 e. The van der Waals surface area contributed by atoms with Crippen molar-refractivity contribution in [1.82, 2.24) is 4.90 Å². The molecule has 5 nitrogen and oxygen atoms in total. The number of ether oxygens (including phenoxy) is 1. The minimum atomic E-state index is -0.339. The summed E-state index contributed by atoms with van der Waals surface area (Å²) >= 11 is 0. The highest BCUT2D eigenvalue weighted by Crippen LogP contribution is 1.99. The highest BCUT2D eigenvalue weighted by molar-refractivity contribution is 5.84. The molecule has 96 valence electrons. The van der Waals surface area contributed by atoms with Crippen LogP contribution in [-0.4, -0.2) is 43.4 Å². The van der Waals surface area contributed by atoms with Crippen molar-refractivity contribution in [2.75, 3.05) is 26.7 Å². The van der Waals surface area contributed by atoms with E-state index in [2.05, 4.69) is 6.07 Å². The van der Waals surface area contributed by atoms with E-state index < -0.39 is 0 Å². The minimum Gasteiger partial charge on any atom is -0.466 e. The predicted octanol–water partition coefficient (Wildman–Crippen LogP) is 0.990. The van der Waals surface area contributed by atoms with Crippen LogP contribution >= 0.6 is 0 Å². The van der Waals surface area contributed by atoms with E-state index >= 15 is 0 Å². The Morgan fingerprint density at radius 2 is 2.06 bits per heavy atom. The lowest BCUT2D eigenvalue weighted by Crippen LogP contribution is -2.30. The maximum Gasteiger partial charge on any atom is 0.306 e. The Morgan fingerprint density at radius 3 is 2.59 bits per heavy atom. The van der Waals surface area contributed by atoms with Crippen LogP contribution in [0.5, 0.6) is 0 Å². The lowest BCUT2D eigenvalue weighted by atomic mass is 10.1. The zero-order chi connectivity index (χ0) is 13.3. The molecule has 0 aliphatic heterocycles. The molecule has 17 heavy (non-hydrogen) atoms. The standard InChI is InChI=1S/C12H20N2O3/c1-4-17-12(16)6-5-11(15)9-14(3)8-10(2)7-13/h10H,4-6,8-9H2,1-3H3. The first-order valence-corrected chi connectivity index (χ1v) is 5.75. The molecular formula is C12H20N2O3. The number of nitriles is 1. The Morgan fingerprint density at radius 1 is 1.41 bits per heavy atom. The van der Waals surface area contributed by atoms with Crippen LogP contribution in [0.1, 0.15) is 26.7 Å². The molecule has 0 N–H and O–H groups in total. The van der Waals surface area contributed by atoms with Gasteiger partial charge in [0.25, 0.3) is 0 Å². The second-order valence-corrected chi connectivity index (χ2v) is 4.07. The summed E-state index contributed by atoms with van der Waals surface area (Å²) in [5, 5.41) is 8.63. The molecule has 1 atom stereocenters. The number of Topliss-reactive ketones (excluding diaryl/α,β-unsaturated/α-hetero) is 1. The molecule has 0 bridgehead atoms. The molecule has 0 rings (SSSR count). The number of esters is 1. The predicted molar refractivity (Wildman–Crippen MR) is 63.1 cm³/mol. The summed E-state index contributed by atoms with van der Waals surface area (Å²) in [7, 11) is 1.79. The van der Waals surface area contributed by atoms with Crippen molar-refractivity contribution in [2.45, 2.75) is 26.7 Å². The first-order valence-electron chi connectivity index (χ1n) is 5.75. The third-order valence-corrected chi connectivity index (χ3v) is 2.17. The number of ketones is 1. The number of carbonyl (C=O) groups is 2. The summed E-state index contributed by atoms with van der Waals surface area (Å²) in [5.41, 5.74) is 0. The lowest BCUT2D eigenvalue weighted by molar-refractivity contribution is -0.144. The van der Waals surface area contributed by atoms with E-state index in [1.807, 2.05) is 0 Å². The highest BCUT2D eigenvalue weighted by Gasteiger charge is 2.11.